The summed E-state index contributed by atoms with van der Waals surface area (Å²) in [6, 6.07) is 69.0. The van der Waals surface area contributed by atoms with Crippen molar-refractivity contribution in [2.45, 2.75) is 0 Å². The summed E-state index contributed by atoms with van der Waals surface area (Å²) in [5, 5.41) is 10.6. The summed E-state index contributed by atoms with van der Waals surface area (Å²) < 4.78 is 0. The Labute approximate surface area is 346 Å². The zero-order valence-corrected chi connectivity index (χ0v) is 32.4. The number of hydrogen-bond donors (Lipinski definition) is 0. The lowest BCUT2D eigenvalue weighted by Crippen LogP contribution is -1.93. The molecule has 4 nitrogen and oxygen atoms in total. The highest BCUT2D eigenvalue weighted by atomic mass is 14.8. The number of rotatable bonds is 5. The van der Waals surface area contributed by atoms with Crippen LogP contribution in [0.4, 0.5) is 0 Å². The Morgan fingerprint density at radius 2 is 0.817 bits per heavy atom. The van der Waals surface area contributed by atoms with Gasteiger partial charge in [0, 0.05) is 50.8 Å². The summed E-state index contributed by atoms with van der Waals surface area (Å²) in [6.45, 7) is 0. The van der Waals surface area contributed by atoms with Crippen LogP contribution in [0.15, 0.2) is 207 Å². The first-order chi connectivity index (χ1) is 29.7. The summed E-state index contributed by atoms with van der Waals surface area (Å²) in [7, 11) is 0. The van der Waals surface area contributed by atoms with E-state index in [0.717, 1.165) is 77.6 Å². The van der Waals surface area contributed by atoms with Gasteiger partial charge in [0.25, 0.3) is 0 Å². The van der Waals surface area contributed by atoms with Crippen LogP contribution in [0.2, 0.25) is 0 Å². The van der Waals surface area contributed by atoms with Crippen molar-refractivity contribution in [3.8, 4) is 56.0 Å². The molecule has 60 heavy (non-hydrogen) atoms. The molecular formula is C56H34N4. The second kappa shape index (κ2) is 13.8. The smallest absolute Gasteiger partial charge is 0.0978 e. The minimum absolute atomic E-state index is 0.905. The van der Waals surface area contributed by atoms with Gasteiger partial charge < -0.3 is 0 Å². The van der Waals surface area contributed by atoms with Gasteiger partial charge >= 0.3 is 0 Å². The summed E-state index contributed by atoms with van der Waals surface area (Å²) in [4.78, 5) is 20.0. The molecule has 0 fully saturated rings. The Balaban J connectivity index is 1.02. The number of benzene rings is 8. The predicted octanol–water partition coefficient (Wildman–Crippen LogP) is 14.5. The first kappa shape index (κ1) is 34.0. The van der Waals surface area contributed by atoms with Crippen LogP contribution < -0.4 is 0 Å². The number of pyridine rings is 4. The quantitative estimate of drug-likeness (QED) is 0.129. The van der Waals surface area contributed by atoms with E-state index in [1.54, 1.807) is 0 Å². The molecule has 8 aromatic carbocycles. The van der Waals surface area contributed by atoms with Gasteiger partial charge in [-0.1, -0.05) is 127 Å². The van der Waals surface area contributed by atoms with Crippen molar-refractivity contribution in [1.82, 2.24) is 19.9 Å². The lowest BCUT2D eigenvalue weighted by Gasteiger charge is -2.15. The highest BCUT2D eigenvalue weighted by Crippen LogP contribution is 2.41. The van der Waals surface area contributed by atoms with Gasteiger partial charge in [-0.05, 0) is 116 Å². The van der Waals surface area contributed by atoms with Crippen molar-refractivity contribution in [2.75, 3.05) is 0 Å². The third-order valence-electron chi connectivity index (χ3n) is 11.9. The number of nitrogens with zero attached hydrogens (tertiary/aromatic N) is 4. The summed E-state index contributed by atoms with van der Waals surface area (Å²) in [5.41, 5.74) is 13.4. The molecule has 0 N–H and O–H groups in total. The number of aromatic nitrogens is 4. The van der Waals surface area contributed by atoms with Crippen LogP contribution in [0.5, 0.6) is 0 Å². The second-order valence-corrected chi connectivity index (χ2v) is 15.4. The molecule has 0 aliphatic rings. The molecule has 0 amide bonds. The Morgan fingerprint density at radius 1 is 0.267 bits per heavy atom. The maximum Gasteiger partial charge on any atom is 0.0978 e. The monoisotopic (exact) mass is 762 g/mol. The molecule has 4 heterocycles. The molecule has 0 saturated heterocycles. The van der Waals surface area contributed by atoms with Crippen LogP contribution >= 0.6 is 0 Å². The average Bonchev–Trinajstić information content (AvgIpc) is 3.33. The molecule has 0 radical (unpaired) electrons. The van der Waals surface area contributed by atoms with Crippen molar-refractivity contribution in [2.24, 2.45) is 0 Å². The molecule has 0 unspecified atom stereocenters. The topological polar surface area (TPSA) is 51.6 Å². The maximum absolute atomic E-state index is 5.40. The van der Waals surface area contributed by atoms with E-state index in [9.17, 15) is 0 Å². The lowest BCUT2D eigenvalue weighted by molar-refractivity contribution is 1.31. The molecular weight excluding hydrogens is 729 g/mol. The SMILES string of the molecule is c1ccc(-c2c3ccccc3nc3c2ccc2ccc(-c4ccc5c6ccc(-c7cc(-c8ccccn8)cc(-c8ccccn8)c7)cc6c6ccccc6c5c4)nc23)cc1. The fourth-order valence-corrected chi connectivity index (χ4v) is 9.07. The average molecular weight is 763 g/mol. The Kier molecular flexibility index (Phi) is 7.82. The molecule has 4 aromatic heterocycles. The molecule has 0 saturated carbocycles. The standard InChI is InChI=1S/C56H34N4/c1-2-12-35(13-3-1)54-46-16-6-7-19-53(46)60-56-47(54)26-20-36-23-27-52(59-55(36)56)38-22-25-45-44-24-21-37(33-48(44)42-14-4-5-15-43(42)49(45)34-38)39-30-40(50-17-8-10-28-57-50)32-41(31-39)51-18-9-11-29-58-51/h1-34H. The molecule has 0 aliphatic heterocycles. The van der Waals surface area contributed by atoms with Crippen LogP contribution in [-0.2, 0) is 0 Å². The van der Waals surface area contributed by atoms with Crippen LogP contribution in [0.25, 0.3) is 121 Å². The van der Waals surface area contributed by atoms with Gasteiger partial charge in [-0.2, -0.15) is 0 Å². The van der Waals surface area contributed by atoms with Crippen molar-refractivity contribution in [3.05, 3.63) is 207 Å². The molecule has 4 heteroatoms. The Hall–Kier alpha value is -8.08. The second-order valence-electron chi connectivity index (χ2n) is 15.4. The van der Waals surface area contributed by atoms with E-state index in [2.05, 4.69) is 170 Å². The fraction of sp³-hybridized carbons (Fsp3) is 0. The van der Waals surface area contributed by atoms with E-state index < -0.39 is 0 Å². The van der Waals surface area contributed by atoms with E-state index in [1.165, 1.54) is 43.4 Å². The molecule has 0 atom stereocenters. The van der Waals surface area contributed by atoms with Crippen molar-refractivity contribution in [3.63, 3.8) is 0 Å². The van der Waals surface area contributed by atoms with Gasteiger partial charge in [-0.25, -0.2) is 9.97 Å². The largest absolute Gasteiger partial charge is 0.256 e. The lowest BCUT2D eigenvalue weighted by atomic mass is 9.90. The van der Waals surface area contributed by atoms with Crippen molar-refractivity contribution in [1.29, 1.82) is 0 Å². The first-order valence-electron chi connectivity index (χ1n) is 20.3. The summed E-state index contributed by atoms with van der Waals surface area (Å²) >= 11 is 0. The number of para-hydroxylation sites is 1. The Morgan fingerprint density at radius 3 is 1.50 bits per heavy atom. The van der Waals surface area contributed by atoms with Crippen molar-refractivity contribution >= 4 is 65.0 Å². The normalized spacial score (nSPS) is 11.7. The van der Waals surface area contributed by atoms with E-state index in [1.807, 2.05) is 36.7 Å². The predicted molar refractivity (Wildman–Crippen MR) is 250 cm³/mol. The highest BCUT2D eigenvalue weighted by molar-refractivity contribution is 6.26. The molecule has 12 aromatic rings. The van der Waals surface area contributed by atoms with E-state index >= 15 is 0 Å². The summed E-state index contributed by atoms with van der Waals surface area (Å²) in [5.74, 6) is 0. The van der Waals surface area contributed by atoms with Gasteiger partial charge in [0.1, 0.15) is 0 Å². The minimum atomic E-state index is 0.905. The van der Waals surface area contributed by atoms with E-state index in [-0.39, 0.29) is 0 Å². The van der Waals surface area contributed by atoms with E-state index in [0.29, 0.717) is 0 Å². The van der Waals surface area contributed by atoms with E-state index in [4.69, 9.17) is 19.9 Å². The van der Waals surface area contributed by atoms with Crippen molar-refractivity contribution < 1.29 is 0 Å². The van der Waals surface area contributed by atoms with Gasteiger partial charge in [-0.15, -0.1) is 0 Å². The van der Waals surface area contributed by atoms with Gasteiger partial charge in [0.15, 0.2) is 0 Å². The van der Waals surface area contributed by atoms with Crippen LogP contribution in [-0.4, -0.2) is 19.9 Å². The number of fused-ring (bicyclic) bond motifs is 10. The third-order valence-corrected chi connectivity index (χ3v) is 11.9. The fourth-order valence-electron chi connectivity index (χ4n) is 9.07. The zero-order valence-electron chi connectivity index (χ0n) is 32.4. The summed E-state index contributed by atoms with van der Waals surface area (Å²) in [6.07, 6.45) is 3.69. The van der Waals surface area contributed by atoms with Gasteiger partial charge in [0.2, 0.25) is 0 Å². The first-order valence-corrected chi connectivity index (χ1v) is 20.3. The minimum Gasteiger partial charge on any atom is -0.256 e. The number of hydrogen-bond acceptors (Lipinski definition) is 4. The van der Waals surface area contributed by atoms with Gasteiger partial charge in [-0.3, -0.25) is 9.97 Å². The Bertz CT molecular complexity index is 3560. The maximum atomic E-state index is 5.40. The third kappa shape index (κ3) is 5.61. The molecule has 12 rings (SSSR count). The zero-order chi connectivity index (χ0) is 39.6. The molecule has 278 valence electrons. The highest BCUT2D eigenvalue weighted by Gasteiger charge is 2.17. The van der Waals surface area contributed by atoms with Gasteiger partial charge in [0.05, 0.1) is 33.6 Å². The van der Waals surface area contributed by atoms with Crippen LogP contribution in [0, 0.1) is 0 Å². The molecule has 0 aliphatic carbocycles. The molecule has 0 spiro atoms. The van der Waals surface area contributed by atoms with Crippen LogP contribution in [0.1, 0.15) is 0 Å². The molecule has 0 bridgehead atoms. The van der Waals surface area contributed by atoms with Crippen LogP contribution in [0.3, 0.4) is 0 Å².